The van der Waals surface area contributed by atoms with Crippen LogP contribution in [0.25, 0.3) is 0 Å². The Morgan fingerprint density at radius 3 is 2.83 bits per heavy atom. The number of anilines is 3. The van der Waals surface area contributed by atoms with Gasteiger partial charge in [-0.1, -0.05) is 24.3 Å². The number of sulfonamides is 1. The van der Waals surface area contributed by atoms with Gasteiger partial charge in [-0.05, 0) is 36.3 Å². The molecule has 2 aromatic rings. The Morgan fingerprint density at radius 2 is 2.14 bits per heavy atom. The van der Waals surface area contributed by atoms with Crippen LogP contribution in [0.1, 0.15) is 12.8 Å². The second-order valence-electron chi connectivity index (χ2n) is 6.05. The summed E-state index contributed by atoms with van der Waals surface area (Å²) in [7, 11) is -3.85. The van der Waals surface area contributed by atoms with E-state index in [9.17, 15) is 12.8 Å². The summed E-state index contributed by atoms with van der Waals surface area (Å²) >= 11 is 0. The molecule has 4 N–H and O–H groups in total. The van der Waals surface area contributed by atoms with Crippen molar-refractivity contribution in [1.29, 1.82) is 5.26 Å². The number of halogens is 1. The summed E-state index contributed by atoms with van der Waals surface area (Å²) in [5, 5.41) is 19.5. The van der Waals surface area contributed by atoms with Crippen LogP contribution < -0.4 is 15.8 Å². The number of nitriles is 1. The fourth-order valence-corrected chi connectivity index (χ4v) is 3.07. The molecular formula is C19H17FN6O2S. The second-order valence-corrected chi connectivity index (χ2v) is 7.61. The molecule has 0 saturated carbocycles. The van der Waals surface area contributed by atoms with Gasteiger partial charge in [0, 0.05) is 11.4 Å². The van der Waals surface area contributed by atoms with Crippen molar-refractivity contribution in [1.82, 2.24) is 9.97 Å². The van der Waals surface area contributed by atoms with Gasteiger partial charge < -0.3 is 10.6 Å². The van der Waals surface area contributed by atoms with Crippen LogP contribution >= 0.6 is 0 Å². The molecule has 0 spiro atoms. The molecule has 3 rings (SSSR count). The maximum absolute atomic E-state index is 14.1. The Bertz CT molecular complexity index is 1170. The van der Waals surface area contributed by atoms with E-state index in [0.717, 1.165) is 11.8 Å². The lowest BCUT2D eigenvalue weighted by Gasteiger charge is -2.13. The molecule has 0 bridgehead atoms. The van der Waals surface area contributed by atoms with E-state index in [2.05, 4.69) is 26.7 Å². The number of nitrogens with zero attached hydrogens (tertiary/aromatic N) is 3. The number of primary sulfonamides is 1. The molecule has 1 aliphatic carbocycles. The van der Waals surface area contributed by atoms with Gasteiger partial charge in [-0.2, -0.15) is 10.2 Å². The molecule has 0 radical (unpaired) electrons. The Labute approximate surface area is 167 Å². The summed E-state index contributed by atoms with van der Waals surface area (Å²) in [4.78, 5) is 7.90. The molecule has 1 heterocycles. The molecule has 0 fully saturated rings. The average molecular weight is 412 g/mol. The van der Waals surface area contributed by atoms with Crippen LogP contribution in [0.3, 0.4) is 0 Å². The van der Waals surface area contributed by atoms with Gasteiger partial charge in [0.1, 0.15) is 0 Å². The van der Waals surface area contributed by atoms with Crippen LogP contribution in [0, 0.1) is 17.1 Å². The minimum absolute atomic E-state index is 0.0366. The second kappa shape index (κ2) is 8.64. The zero-order valence-corrected chi connectivity index (χ0v) is 15.9. The standard InChI is InChI=1S/C19H17FN6O2S/c20-17-12-23-19(25-15-4-1-5-16(11-15)29(22,27)28)26-18(17)24-14-8-6-13(7-9-14)3-2-10-21/h1,3-6,8-9,11-12H,2,7H2,(H2,22,27,28)(H2,23,24,25,26). The minimum atomic E-state index is -3.85. The molecule has 29 heavy (non-hydrogen) atoms. The lowest BCUT2D eigenvalue weighted by molar-refractivity contribution is 0.598. The number of allylic oxidation sites excluding steroid dienone is 5. The summed E-state index contributed by atoms with van der Waals surface area (Å²) in [5.74, 6) is -0.602. The highest BCUT2D eigenvalue weighted by atomic mass is 32.2. The molecule has 0 atom stereocenters. The molecule has 10 heteroatoms. The number of rotatable bonds is 6. The Balaban J connectivity index is 1.75. The summed E-state index contributed by atoms with van der Waals surface area (Å²) < 4.78 is 37.0. The number of nitrogens with two attached hydrogens (primary N) is 1. The number of nitrogens with one attached hydrogen (secondary N) is 2. The summed E-state index contributed by atoms with van der Waals surface area (Å²) in [5.41, 5.74) is 2.04. The molecule has 8 nitrogen and oxygen atoms in total. The lowest BCUT2D eigenvalue weighted by atomic mass is 10.0. The highest BCUT2D eigenvalue weighted by Gasteiger charge is 2.11. The predicted octanol–water partition coefficient (Wildman–Crippen LogP) is 3.10. The van der Waals surface area contributed by atoms with Crippen LogP contribution in [0.5, 0.6) is 0 Å². The highest BCUT2D eigenvalue weighted by molar-refractivity contribution is 7.89. The number of hydrogen-bond acceptors (Lipinski definition) is 7. The number of benzene rings is 1. The van der Waals surface area contributed by atoms with Crippen molar-refractivity contribution < 1.29 is 12.8 Å². The zero-order chi connectivity index (χ0) is 20.9. The molecule has 1 aromatic carbocycles. The average Bonchev–Trinajstić information content (AvgIpc) is 2.69. The minimum Gasteiger partial charge on any atom is -0.338 e. The van der Waals surface area contributed by atoms with Gasteiger partial charge in [0.2, 0.25) is 16.0 Å². The predicted molar refractivity (Wildman–Crippen MR) is 107 cm³/mol. The first-order chi connectivity index (χ1) is 13.8. The van der Waals surface area contributed by atoms with Gasteiger partial charge in [-0.15, -0.1) is 0 Å². The van der Waals surface area contributed by atoms with E-state index >= 15 is 0 Å². The molecule has 1 aliphatic rings. The van der Waals surface area contributed by atoms with E-state index in [1.54, 1.807) is 12.1 Å². The van der Waals surface area contributed by atoms with Gasteiger partial charge in [0.05, 0.1) is 23.6 Å². The molecule has 0 amide bonds. The smallest absolute Gasteiger partial charge is 0.238 e. The summed E-state index contributed by atoms with van der Waals surface area (Å²) in [6.07, 6.45) is 9.23. The first kappa shape index (κ1) is 20.2. The van der Waals surface area contributed by atoms with Crippen LogP contribution in [-0.2, 0) is 10.0 Å². The van der Waals surface area contributed by atoms with Crippen molar-refractivity contribution in [3.8, 4) is 6.07 Å². The van der Waals surface area contributed by atoms with Gasteiger partial charge in [0.15, 0.2) is 11.6 Å². The normalized spacial score (nSPS) is 14.9. The zero-order valence-electron chi connectivity index (χ0n) is 15.1. The number of hydrogen-bond donors (Lipinski definition) is 3. The molecule has 148 valence electrons. The van der Waals surface area contributed by atoms with E-state index in [-0.39, 0.29) is 16.7 Å². The van der Waals surface area contributed by atoms with E-state index in [1.807, 2.05) is 18.2 Å². The van der Waals surface area contributed by atoms with Crippen LogP contribution in [0.4, 0.5) is 21.8 Å². The summed E-state index contributed by atoms with van der Waals surface area (Å²) in [6, 6.07) is 7.86. The fourth-order valence-electron chi connectivity index (χ4n) is 2.51. The van der Waals surface area contributed by atoms with Crippen molar-refractivity contribution >= 4 is 27.5 Å². The quantitative estimate of drug-likeness (QED) is 0.664. The van der Waals surface area contributed by atoms with Gasteiger partial charge in [0.25, 0.3) is 0 Å². The van der Waals surface area contributed by atoms with Gasteiger partial charge in [-0.25, -0.2) is 22.9 Å². The molecular weight excluding hydrogens is 395 g/mol. The SMILES string of the molecule is N#CCC=C1C=CC(Nc2nc(Nc3cccc(S(N)(=O)=O)c3)ncc2F)=CC1. The Morgan fingerprint density at radius 1 is 1.31 bits per heavy atom. The van der Waals surface area contributed by atoms with Crippen LogP contribution in [0.15, 0.2) is 70.9 Å². The third-order valence-electron chi connectivity index (χ3n) is 3.92. The molecule has 1 aromatic heterocycles. The maximum atomic E-state index is 14.1. The largest absolute Gasteiger partial charge is 0.338 e. The van der Waals surface area contributed by atoms with E-state index < -0.39 is 15.8 Å². The van der Waals surface area contributed by atoms with Crippen molar-refractivity contribution in [3.05, 3.63) is 71.9 Å². The van der Waals surface area contributed by atoms with E-state index in [1.165, 1.54) is 18.2 Å². The lowest BCUT2D eigenvalue weighted by Crippen LogP contribution is -2.12. The topological polar surface area (TPSA) is 134 Å². The fraction of sp³-hybridized carbons (Fsp3) is 0.105. The third kappa shape index (κ3) is 5.47. The highest BCUT2D eigenvalue weighted by Crippen LogP contribution is 2.22. The van der Waals surface area contributed by atoms with Gasteiger partial charge >= 0.3 is 0 Å². The summed E-state index contributed by atoms with van der Waals surface area (Å²) in [6.45, 7) is 0. The van der Waals surface area contributed by atoms with Crippen molar-refractivity contribution in [2.24, 2.45) is 5.14 Å². The maximum Gasteiger partial charge on any atom is 0.238 e. The Kier molecular flexibility index (Phi) is 6.01. The van der Waals surface area contributed by atoms with Crippen molar-refractivity contribution in [2.45, 2.75) is 17.7 Å². The molecule has 0 unspecified atom stereocenters. The third-order valence-corrected chi connectivity index (χ3v) is 4.83. The number of aromatic nitrogens is 2. The van der Waals surface area contributed by atoms with Gasteiger partial charge in [-0.3, -0.25) is 0 Å². The van der Waals surface area contributed by atoms with Crippen molar-refractivity contribution in [3.63, 3.8) is 0 Å². The monoisotopic (exact) mass is 412 g/mol. The first-order valence-corrected chi connectivity index (χ1v) is 10.0. The van der Waals surface area contributed by atoms with E-state index in [4.69, 9.17) is 10.4 Å². The molecule has 0 aliphatic heterocycles. The van der Waals surface area contributed by atoms with Crippen LogP contribution in [-0.4, -0.2) is 18.4 Å². The Hall–Kier alpha value is -3.55. The first-order valence-electron chi connectivity index (χ1n) is 8.49. The van der Waals surface area contributed by atoms with Crippen LogP contribution in [0.2, 0.25) is 0 Å². The van der Waals surface area contributed by atoms with E-state index in [0.29, 0.717) is 24.2 Å². The molecule has 0 saturated heterocycles. The van der Waals surface area contributed by atoms with Crippen molar-refractivity contribution in [2.75, 3.05) is 10.6 Å².